The van der Waals surface area contributed by atoms with Gasteiger partial charge in [0.15, 0.2) is 5.69 Å². The summed E-state index contributed by atoms with van der Waals surface area (Å²) in [7, 11) is 1.87. The molecule has 5 aromatic rings. The van der Waals surface area contributed by atoms with Gasteiger partial charge in [-0.1, -0.05) is 54.6 Å². The average Bonchev–Trinajstić information content (AvgIpc) is 3.39. The van der Waals surface area contributed by atoms with Crippen molar-refractivity contribution in [1.82, 2.24) is 19.0 Å². The van der Waals surface area contributed by atoms with E-state index in [1.54, 1.807) is 15.6 Å². The van der Waals surface area contributed by atoms with Gasteiger partial charge in [0.05, 0.1) is 28.5 Å². The molecule has 0 aliphatic rings. The minimum Gasteiger partial charge on any atom is -0.283 e. The van der Waals surface area contributed by atoms with E-state index < -0.39 is 0 Å². The molecule has 0 N–H and O–H groups in total. The maximum Gasteiger partial charge on any atom is 0.297 e. The molecule has 0 saturated carbocycles. The Labute approximate surface area is 206 Å². The van der Waals surface area contributed by atoms with E-state index in [2.05, 4.69) is 4.98 Å². The van der Waals surface area contributed by atoms with Crippen LogP contribution in [0.2, 0.25) is 0 Å². The Morgan fingerprint density at radius 1 is 0.943 bits per heavy atom. The van der Waals surface area contributed by atoms with Crippen molar-refractivity contribution in [2.24, 2.45) is 17.1 Å². The Morgan fingerprint density at radius 3 is 2.31 bits per heavy atom. The largest absolute Gasteiger partial charge is 0.297 e. The van der Waals surface area contributed by atoms with Crippen molar-refractivity contribution in [1.29, 1.82) is 0 Å². The summed E-state index contributed by atoms with van der Waals surface area (Å²) in [6, 6.07) is 25.3. The summed E-state index contributed by atoms with van der Waals surface area (Å²) >= 11 is 1.44. The molecule has 3 heterocycles. The molecule has 0 aliphatic heterocycles. The minimum atomic E-state index is -0.178. The van der Waals surface area contributed by atoms with Crippen LogP contribution in [0.4, 0.5) is 5.69 Å². The van der Waals surface area contributed by atoms with Gasteiger partial charge in [0, 0.05) is 24.2 Å². The third-order valence-electron chi connectivity index (χ3n) is 5.77. The van der Waals surface area contributed by atoms with E-state index in [9.17, 15) is 4.79 Å². The van der Waals surface area contributed by atoms with Crippen molar-refractivity contribution in [2.75, 3.05) is 0 Å². The number of thiazole rings is 1. The number of hydrogen-bond acceptors (Lipinski definition) is 5. The standard InChI is InChI=1S/C27H24N6OS/c1-19(23-16-10-11-17-28-23)30-32-24(21-12-6-4-7-13-21)18-35-27(32)29-25-20(2)31(3)33(26(25)34)22-14-8-5-9-15-22/h4-18H,1-3H3. The number of benzene rings is 2. The third-order valence-corrected chi connectivity index (χ3v) is 6.59. The van der Waals surface area contributed by atoms with Crippen LogP contribution in [-0.2, 0) is 7.05 Å². The predicted octanol–water partition coefficient (Wildman–Crippen LogP) is 4.91. The maximum absolute atomic E-state index is 13.4. The number of pyridine rings is 1. The summed E-state index contributed by atoms with van der Waals surface area (Å²) in [6.07, 6.45) is 1.75. The molecule has 0 fully saturated rings. The summed E-state index contributed by atoms with van der Waals surface area (Å²) in [5.74, 6) is 0. The van der Waals surface area contributed by atoms with Gasteiger partial charge in [-0.05, 0) is 38.1 Å². The Hall–Kier alpha value is -4.30. The lowest BCUT2D eigenvalue weighted by Gasteiger charge is -2.07. The molecule has 0 amide bonds. The molecule has 35 heavy (non-hydrogen) atoms. The van der Waals surface area contributed by atoms with Gasteiger partial charge in [-0.25, -0.2) is 14.4 Å². The molecule has 0 saturated heterocycles. The van der Waals surface area contributed by atoms with Crippen LogP contribution in [-0.4, -0.2) is 24.7 Å². The van der Waals surface area contributed by atoms with E-state index in [0.29, 0.717) is 10.5 Å². The summed E-state index contributed by atoms with van der Waals surface area (Å²) in [6.45, 7) is 3.82. The predicted molar refractivity (Wildman–Crippen MR) is 141 cm³/mol. The lowest BCUT2D eigenvalue weighted by molar-refractivity contribution is 0.630. The van der Waals surface area contributed by atoms with Crippen molar-refractivity contribution < 1.29 is 0 Å². The zero-order chi connectivity index (χ0) is 24.4. The first-order valence-electron chi connectivity index (χ1n) is 11.2. The fraction of sp³-hybridized carbons (Fsp3) is 0.111. The molecule has 174 valence electrons. The molecule has 5 rings (SSSR count). The Morgan fingerprint density at radius 2 is 1.63 bits per heavy atom. The van der Waals surface area contributed by atoms with Gasteiger partial charge >= 0.3 is 0 Å². The Kier molecular flexibility index (Phi) is 6.12. The van der Waals surface area contributed by atoms with Crippen LogP contribution >= 0.6 is 11.3 Å². The Balaban J connectivity index is 1.73. The van der Waals surface area contributed by atoms with E-state index >= 15 is 0 Å². The highest BCUT2D eigenvalue weighted by Gasteiger charge is 2.17. The van der Waals surface area contributed by atoms with Gasteiger partial charge in [0.1, 0.15) is 0 Å². The summed E-state index contributed by atoms with van der Waals surface area (Å²) in [5.41, 5.74) is 5.19. The van der Waals surface area contributed by atoms with E-state index in [0.717, 1.165) is 34.0 Å². The second kappa shape index (κ2) is 9.52. The number of aromatic nitrogens is 4. The van der Waals surface area contributed by atoms with E-state index in [-0.39, 0.29) is 5.56 Å². The van der Waals surface area contributed by atoms with Crippen molar-refractivity contribution in [3.8, 4) is 16.9 Å². The first-order chi connectivity index (χ1) is 17.0. The molecule has 0 bridgehead atoms. The monoisotopic (exact) mass is 480 g/mol. The molecule has 0 radical (unpaired) electrons. The number of nitrogens with zero attached hydrogens (tertiary/aromatic N) is 6. The normalized spacial score (nSPS) is 12.3. The van der Waals surface area contributed by atoms with Crippen LogP contribution in [0, 0.1) is 6.92 Å². The highest BCUT2D eigenvalue weighted by Crippen LogP contribution is 2.22. The van der Waals surface area contributed by atoms with Crippen molar-refractivity contribution in [3.63, 3.8) is 0 Å². The van der Waals surface area contributed by atoms with Gasteiger partial charge in [0.25, 0.3) is 5.56 Å². The fourth-order valence-corrected chi connectivity index (χ4v) is 4.67. The molecule has 0 aliphatic carbocycles. The number of rotatable bonds is 5. The van der Waals surface area contributed by atoms with E-state index in [1.807, 2.05) is 110 Å². The molecule has 2 aromatic carbocycles. The molecule has 0 unspecified atom stereocenters. The second-order valence-corrected chi connectivity index (χ2v) is 8.84. The molecule has 8 heteroatoms. The van der Waals surface area contributed by atoms with Crippen LogP contribution in [0.5, 0.6) is 0 Å². The number of hydrogen-bond donors (Lipinski definition) is 0. The lowest BCUT2D eigenvalue weighted by atomic mass is 10.2. The first kappa shape index (κ1) is 22.5. The lowest BCUT2D eigenvalue weighted by Crippen LogP contribution is -2.20. The molecular formula is C27H24N6OS. The third kappa shape index (κ3) is 4.31. The highest BCUT2D eigenvalue weighted by molar-refractivity contribution is 7.07. The highest BCUT2D eigenvalue weighted by atomic mass is 32.1. The molecule has 3 aromatic heterocycles. The second-order valence-electron chi connectivity index (χ2n) is 8.00. The SMILES string of the molecule is CC(=Nn1c(-c2ccccc2)csc1=Nc1c(C)n(C)n(-c2ccccc2)c1=O)c1ccccn1. The first-order valence-corrected chi connectivity index (χ1v) is 12.0. The van der Waals surface area contributed by atoms with Crippen molar-refractivity contribution >= 4 is 22.7 Å². The van der Waals surface area contributed by atoms with Crippen LogP contribution in [0.15, 0.2) is 105 Å². The van der Waals surface area contributed by atoms with Crippen molar-refractivity contribution in [2.45, 2.75) is 13.8 Å². The average molecular weight is 481 g/mol. The molecule has 0 atom stereocenters. The zero-order valence-electron chi connectivity index (χ0n) is 19.7. The van der Waals surface area contributed by atoms with Gasteiger partial charge in [-0.3, -0.25) is 14.5 Å². The van der Waals surface area contributed by atoms with Gasteiger partial charge < -0.3 is 0 Å². The van der Waals surface area contributed by atoms with Gasteiger partial charge in [0.2, 0.25) is 4.80 Å². The maximum atomic E-state index is 13.4. The Bertz CT molecular complexity index is 1620. The van der Waals surface area contributed by atoms with Crippen LogP contribution in [0.1, 0.15) is 18.3 Å². The smallest absolute Gasteiger partial charge is 0.283 e. The van der Waals surface area contributed by atoms with Crippen LogP contribution in [0.25, 0.3) is 16.9 Å². The van der Waals surface area contributed by atoms with Gasteiger partial charge in [-0.15, -0.1) is 11.3 Å². The quantitative estimate of drug-likeness (QED) is 0.335. The van der Waals surface area contributed by atoms with E-state index in [1.165, 1.54) is 11.3 Å². The fourth-order valence-electron chi connectivity index (χ4n) is 3.84. The summed E-state index contributed by atoms with van der Waals surface area (Å²) in [5, 5.41) is 6.89. The van der Waals surface area contributed by atoms with Crippen LogP contribution in [0.3, 0.4) is 0 Å². The minimum absolute atomic E-state index is 0.178. The van der Waals surface area contributed by atoms with E-state index in [4.69, 9.17) is 10.1 Å². The molecule has 7 nitrogen and oxygen atoms in total. The topological polar surface area (TPSA) is 69.5 Å². The summed E-state index contributed by atoms with van der Waals surface area (Å²) in [4.78, 5) is 23.3. The van der Waals surface area contributed by atoms with Crippen LogP contribution < -0.4 is 10.4 Å². The number of para-hydroxylation sites is 1. The van der Waals surface area contributed by atoms with Crippen molar-refractivity contribution in [3.05, 3.63) is 117 Å². The summed E-state index contributed by atoms with van der Waals surface area (Å²) < 4.78 is 5.25. The molecule has 0 spiro atoms. The molecular weight excluding hydrogens is 456 g/mol. The zero-order valence-corrected chi connectivity index (χ0v) is 20.5. The van der Waals surface area contributed by atoms with Gasteiger partial charge in [-0.2, -0.15) is 5.10 Å².